The van der Waals surface area contributed by atoms with Gasteiger partial charge >= 0.3 is 0 Å². The summed E-state index contributed by atoms with van der Waals surface area (Å²) < 4.78 is 18.5. The number of ether oxygens (including phenoxy) is 1. The maximum Gasteiger partial charge on any atom is 0.255 e. The molecule has 126 valence electrons. The zero-order valence-electron chi connectivity index (χ0n) is 13.1. The number of rotatable bonds is 6. The molecule has 24 heavy (non-hydrogen) atoms. The van der Waals surface area contributed by atoms with Gasteiger partial charge in [0.1, 0.15) is 11.6 Å². The van der Waals surface area contributed by atoms with Gasteiger partial charge in [-0.15, -0.1) is 0 Å². The predicted molar refractivity (Wildman–Crippen MR) is 89.6 cm³/mol. The lowest BCUT2D eigenvalue weighted by Crippen LogP contribution is -2.19. The zero-order chi connectivity index (χ0) is 17.5. The molecule has 0 atom stereocenters. The van der Waals surface area contributed by atoms with Crippen LogP contribution >= 0.6 is 0 Å². The largest absolute Gasteiger partial charge is 0.497 e. The Kier molecular flexibility index (Phi) is 5.86. The summed E-state index contributed by atoms with van der Waals surface area (Å²) in [5.41, 5.74) is 6.15. The van der Waals surface area contributed by atoms with E-state index >= 15 is 0 Å². The second-order valence-corrected chi connectivity index (χ2v) is 4.96. The second kappa shape index (κ2) is 8.07. The van der Waals surface area contributed by atoms with E-state index in [2.05, 4.69) is 10.6 Å². The van der Waals surface area contributed by atoms with Gasteiger partial charge in [0.25, 0.3) is 5.91 Å². The van der Waals surface area contributed by atoms with Gasteiger partial charge in [0, 0.05) is 18.5 Å². The minimum Gasteiger partial charge on any atom is -0.497 e. The number of hydrogen-bond donors (Lipinski definition) is 3. The van der Waals surface area contributed by atoms with Crippen LogP contribution in [-0.4, -0.2) is 25.5 Å². The van der Waals surface area contributed by atoms with Crippen LogP contribution in [0.3, 0.4) is 0 Å². The van der Waals surface area contributed by atoms with Gasteiger partial charge in [0.2, 0.25) is 5.91 Å². The predicted octanol–water partition coefficient (Wildman–Crippen LogP) is 2.37. The minimum atomic E-state index is -0.530. The lowest BCUT2D eigenvalue weighted by atomic mass is 10.2. The van der Waals surface area contributed by atoms with Gasteiger partial charge < -0.3 is 21.1 Å². The SMILES string of the molecule is COc1cccc(C(=O)Nc2ccc(F)cc2NC(=O)CCN)c1. The third-order valence-electron chi connectivity index (χ3n) is 3.21. The smallest absolute Gasteiger partial charge is 0.255 e. The third-order valence-corrected chi connectivity index (χ3v) is 3.21. The van der Waals surface area contributed by atoms with Crippen LogP contribution in [0.2, 0.25) is 0 Å². The molecular formula is C17H18FN3O3. The van der Waals surface area contributed by atoms with Crippen molar-refractivity contribution in [1.82, 2.24) is 0 Å². The summed E-state index contributed by atoms with van der Waals surface area (Å²) in [6, 6.07) is 10.3. The molecule has 0 aromatic heterocycles. The summed E-state index contributed by atoms with van der Waals surface area (Å²) in [6.07, 6.45) is 0.0970. The Bertz CT molecular complexity index is 750. The molecule has 0 heterocycles. The molecule has 0 saturated carbocycles. The van der Waals surface area contributed by atoms with Crippen LogP contribution in [0.4, 0.5) is 15.8 Å². The van der Waals surface area contributed by atoms with E-state index in [1.807, 2.05) is 0 Å². The zero-order valence-corrected chi connectivity index (χ0v) is 13.1. The van der Waals surface area contributed by atoms with Gasteiger partial charge in [0.05, 0.1) is 18.5 Å². The fraction of sp³-hybridized carbons (Fsp3) is 0.176. The molecule has 2 aromatic carbocycles. The molecule has 0 aliphatic carbocycles. The Labute approximate surface area is 138 Å². The number of anilines is 2. The van der Waals surface area contributed by atoms with Gasteiger partial charge in [-0.25, -0.2) is 4.39 Å². The highest BCUT2D eigenvalue weighted by Gasteiger charge is 2.12. The first-order chi connectivity index (χ1) is 11.5. The van der Waals surface area contributed by atoms with Crippen molar-refractivity contribution in [3.8, 4) is 5.75 Å². The molecule has 0 fully saturated rings. The Balaban J connectivity index is 2.21. The topological polar surface area (TPSA) is 93.5 Å². The molecule has 6 nitrogen and oxygen atoms in total. The minimum absolute atomic E-state index is 0.0970. The van der Waals surface area contributed by atoms with E-state index in [4.69, 9.17) is 10.5 Å². The first-order valence-electron chi connectivity index (χ1n) is 7.28. The first kappa shape index (κ1) is 17.4. The normalized spacial score (nSPS) is 10.1. The molecule has 4 N–H and O–H groups in total. The molecule has 7 heteroatoms. The number of benzene rings is 2. The lowest BCUT2D eigenvalue weighted by molar-refractivity contribution is -0.116. The van der Waals surface area contributed by atoms with Crippen LogP contribution in [0.25, 0.3) is 0 Å². The molecule has 0 radical (unpaired) electrons. The van der Waals surface area contributed by atoms with E-state index in [-0.39, 0.29) is 30.2 Å². The summed E-state index contributed by atoms with van der Waals surface area (Å²) in [5, 5.41) is 5.18. The summed E-state index contributed by atoms with van der Waals surface area (Å²) in [6.45, 7) is 0.173. The average Bonchev–Trinajstić information content (AvgIpc) is 2.57. The molecule has 2 rings (SSSR count). The monoisotopic (exact) mass is 331 g/mol. The van der Waals surface area contributed by atoms with E-state index in [1.54, 1.807) is 24.3 Å². The number of nitrogens with two attached hydrogens (primary N) is 1. The van der Waals surface area contributed by atoms with Crippen molar-refractivity contribution < 1.29 is 18.7 Å². The van der Waals surface area contributed by atoms with E-state index in [0.29, 0.717) is 11.3 Å². The van der Waals surface area contributed by atoms with E-state index in [1.165, 1.54) is 19.2 Å². The van der Waals surface area contributed by atoms with Crippen molar-refractivity contribution in [2.75, 3.05) is 24.3 Å². The maximum absolute atomic E-state index is 13.4. The number of amides is 2. The summed E-state index contributed by atoms with van der Waals surface area (Å²) in [7, 11) is 1.50. The third kappa shape index (κ3) is 4.53. The Morgan fingerprint density at radius 2 is 1.92 bits per heavy atom. The summed E-state index contributed by atoms with van der Waals surface area (Å²) in [5.74, 6) is -0.759. The highest BCUT2D eigenvalue weighted by molar-refractivity contribution is 6.07. The van der Waals surface area contributed by atoms with Crippen LogP contribution < -0.4 is 21.1 Å². The number of halogens is 1. The Morgan fingerprint density at radius 1 is 1.12 bits per heavy atom. The molecule has 0 unspecified atom stereocenters. The van der Waals surface area contributed by atoms with Crippen molar-refractivity contribution in [1.29, 1.82) is 0 Å². The molecule has 2 aromatic rings. The van der Waals surface area contributed by atoms with Gasteiger partial charge in [-0.3, -0.25) is 9.59 Å². The Hall–Kier alpha value is -2.93. The first-order valence-corrected chi connectivity index (χ1v) is 7.28. The molecular weight excluding hydrogens is 313 g/mol. The highest BCUT2D eigenvalue weighted by Crippen LogP contribution is 2.24. The number of methoxy groups -OCH3 is 1. The fourth-order valence-corrected chi connectivity index (χ4v) is 2.03. The van der Waals surface area contributed by atoms with Crippen molar-refractivity contribution in [3.63, 3.8) is 0 Å². The summed E-state index contributed by atoms with van der Waals surface area (Å²) in [4.78, 5) is 24.0. The van der Waals surface area contributed by atoms with Crippen molar-refractivity contribution in [2.45, 2.75) is 6.42 Å². The molecule has 2 amide bonds. The van der Waals surface area contributed by atoms with Gasteiger partial charge in [-0.05, 0) is 36.4 Å². The lowest BCUT2D eigenvalue weighted by Gasteiger charge is -2.13. The van der Waals surface area contributed by atoms with Crippen molar-refractivity contribution >= 4 is 23.2 Å². The van der Waals surface area contributed by atoms with Crippen molar-refractivity contribution in [2.24, 2.45) is 5.73 Å². The fourth-order valence-electron chi connectivity index (χ4n) is 2.03. The molecule has 0 aliphatic rings. The molecule has 0 bridgehead atoms. The standard InChI is InChI=1S/C17H18FN3O3/c1-24-13-4-2-3-11(9-13)17(23)21-14-6-5-12(18)10-15(14)20-16(22)7-8-19/h2-6,9-10H,7-8,19H2,1H3,(H,20,22)(H,21,23). The van der Waals surface area contributed by atoms with Gasteiger partial charge in [0.15, 0.2) is 0 Å². The van der Waals surface area contributed by atoms with Gasteiger partial charge in [-0.1, -0.05) is 6.07 Å². The Morgan fingerprint density at radius 3 is 2.62 bits per heavy atom. The van der Waals surface area contributed by atoms with Crippen molar-refractivity contribution in [3.05, 3.63) is 53.8 Å². The van der Waals surface area contributed by atoms with Crippen LogP contribution in [0.5, 0.6) is 5.75 Å². The van der Waals surface area contributed by atoms with E-state index in [0.717, 1.165) is 6.07 Å². The van der Waals surface area contributed by atoms with Crippen LogP contribution in [0.15, 0.2) is 42.5 Å². The molecule has 0 saturated heterocycles. The number of hydrogen-bond acceptors (Lipinski definition) is 4. The number of carbonyl (C=O) groups is 2. The maximum atomic E-state index is 13.4. The second-order valence-electron chi connectivity index (χ2n) is 4.96. The molecule has 0 aliphatic heterocycles. The quantitative estimate of drug-likeness (QED) is 0.757. The van der Waals surface area contributed by atoms with Crippen LogP contribution in [0, 0.1) is 5.82 Å². The van der Waals surface area contributed by atoms with Crippen LogP contribution in [0.1, 0.15) is 16.8 Å². The van der Waals surface area contributed by atoms with Gasteiger partial charge in [-0.2, -0.15) is 0 Å². The van der Waals surface area contributed by atoms with E-state index in [9.17, 15) is 14.0 Å². The van der Waals surface area contributed by atoms with Crippen LogP contribution in [-0.2, 0) is 4.79 Å². The van der Waals surface area contributed by atoms with E-state index < -0.39 is 11.7 Å². The number of carbonyl (C=O) groups excluding carboxylic acids is 2. The molecule has 0 spiro atoms. The highest BCUT2D eigenvalue weighted by atomic mass is 19.1. The summed E-state index contributed by atoms with van der Waals surface area (Å²) >= 11 is 0. The number of nitrogens with one attached hydrogen (secondary N) is 2. The average molecular weight is 331 g/mol.